The van der Waals surface area contributed by atoms with Crippen molar-refractivity contribution in [3.63, 3.8) is 0 Å². The van der Waals surface area contributed by atoms with Crippen molar-refractivity contribution in [3.8, 4) is 0 Å². The fourth-order valence-corrected chi connectivity index (χ4v) is 4.13. The van der Waals surface area contributed by atoms with Crippen LogP contribution in [0.2, 0.25) is 0 Å². The largest absolute Gasteiger partial charge is 0.405 e. The monoisotopic (exact) mass is 403 g/mol. The fraction of sp³-hybridized carbons (Fsp3) is 0.619. The van der Waals surface area contributed by atoms with Crippen LogP contribution in [0.15, 0.2) is 24.3 Å². The number of hydrogen-bond acceptors (Lipinski definition) is 8. The molecule has 0 spiro atoms. The van der Waals surface area contributed by atoms with E-state index in [0.717, 1.165) is 64.5 Å². The number of carbonyl (C=O) groups excluding carboxylic acids is 2. The fourth-order valence-electron chi connectivity index (χ4n) is 4.13. The zero-order valence-electron chi connectivity index (χ0n) is 16.9. The van der Waals surface area contributed by atoms with Gasteiger partial charge in [0.25, 0.3) is 0 Å². The highest BCUT2D eigenvalue weighted by Crippen LogP contribution is 2.29. The molecule has 29 heavy (non-hydrogen) atoms. The molecule has 1 aromatic rings. The molecule has 0 radical (unpaired) electrons. The molecule has 0 saturated carbocycles. The van der Waals surface area contributed by atoms with E-state index < -0.39 is 18.4 Å². The summed E-state index contributed by atoms with van der Waals surface area (Å²) in [6.07, 6.45) is 0.508. The molecule has 1 aromatic carbocycles. The van der Waals surface area contributed by atoms with Gasteiger partial charge in [-0.2, -0.15) is 0 Å². The number of morpholine rings is 1. The van der Waals surface area contributed by atoms with Crippen LogP contribution in [-0.4, -0.2) is 80.6 Å². The minimum Gasteiger partial charge on any atom is -0.405 e. The Bertz CT molecular complexity index is 696. The lowest BCUT2D eigenvalue weighted by Crippen LogP contribution is -2.53. The first-order valence-corrected chi connectivity index (χ1v) is 10.3. The van der Waals surface area contributed by atoms with Crippen molar-refractivity contribution in [1.82, 2.24) is 9.80 Å². The van der Waals surface area contributed by atoms with Crippen molar-refractivity contribution in [3.05, 3.63) is 29.8 Å². The highest BCUT2D eigenvalue weighted by atomic mass is 16.7. The summed E-state index contributed by atoms with van der Waals surface area (Å²) >= 11 is 0. The van der Waals surface area contributed by atoms with Crippen molar-refractivity contribution in [2.45, 2.75) is 38.3 Å². The summed E-state index contributed by atoms with van der Waals surface area (Å²) in [5.41, 5.74) is 2.12. The van der Waals surface area contributed by atoms with Gasteiger partial charge in [0.05, 0.1) is 13.2 Å². The molecule has 3 aliphatic rings. The number of carbonyl (C=O) groups is 2. The van der Waals surface area contributed by atoms with Crippen molar-refractivity contribution < 1.29 is 23.8 Å². The molecule has 0 amide bonds. The average Bonchev–Trinajstić information content (AvgIpc) is 2.71. The second kappa shape index (κ2) is 9.11. The van der Waals surface area contributed by atoms with E-state index in [0.29, 0.717) is 0 Å². The van der Waals surface area contributed by atoms with Gasteiger partial charge in [0, 0.05) is 31.4 Å². The zero-order valence-corrected chi connectivity index (χ0v) is 16.9. The summed E-state index contributed by atoms with van der Waals surface area (Å²) in [7, 11) is 2.10. The Morgan fingerprint density at radius 1 is 0.966 bits per heavy atom. The van der Waals surface area contributed by atoms with Crippen LogP contribution in [0, 0.1) is 0 Å². The van der Waals surface area contributed by atoms with E-state index in [2.05, 4.69) is 29.0 Å². The third-order valence-electron chi connectivity index (χ3n) is 5.81. The molecule has 0 unspecified atom stereocenters. The van der Waals surface area contributed by atoms with E-state index in [1.807, 2.05) is 17.0 Å². The lowest BCUT2D eigenvalue weighted by atomic mass is 10.0. The van der Waals surface area contributed by atoms with E-state index in [1.54, 1.807) is 0 Å². The van der Waals surface area contributed by atoms with Crippen molar-refractivity contribution in [2.24, 2.45) is 0 Å². The normalized spacial score (nSPS) is 22.9. The van der Waals surface area contributed by atoms with Crippen LogP contribution in [0.3, 0.4) is 0 Å². The minimum atomic E-state index is -0.998. The predicted octanol–water partition coefficient (Wildman–Crippen LogP) is 1.19. The van der Waals surface area contributed by atoms with E-state index in [9.17, 15) is 9.59 Å². The van der Waals surface area contributed by atoms with Crippen LogP contribution in [0.1, 0.15) is 24.8 Å². The molecule has 8 nitrogen and oxygen atoms in total. The molecule has 4 rings (SSSR count). The van der Waals surface area contributed by atoms with Gasteiger partial charge in [-0.25, -0.2) is 0 Å². The smallest absolute Gasteiger partial charge is 0.332 e. The first-order chi connectivity index (χ1) is 14.1. The molecule has 0 aliphatic carbocycles. The first-order valence-electron chi connectivity index (χ1n) is 10.3. The standard InChI is InChI=1S/C21H29N3O5/c1-22-8-6-18(7-9-22)24(21-28-19(25)14-20(26)29-21)17-4-2-16(3-5-17)15-23-10-12-27-13-11-23/h2-5,18,21H,6-15H2,1H3. The number of hydrogen-bond donors (Lipinski definition) is 0. The van der Waals surface area contributed by atoms with Gasteiger partial charge in [-0.05, 0) is 50.7 Å². The van der Waals surface area contributed by atoms with Crippen LogP contribution >= 0.6 is 0 Å². The third-order valence-corrected chi connectivity index (χ3v) is 5.81. The maximum Gasteiger partial charge on any atom is 0.332 e. The third kappa shape index (κ3) is 5.07. The van der Waals surface area contributed by atoms with Gasteiger partial charge in [-0.15, -0.1) is 0 Å². The minimum absolute atomic E-state index is 0.139. The van der Waals surface area contributed by atoms with Gasteiger partial charge in [-0.3, -0.25) is 19.4 Å². The van der Waals surface area contributed by atoms with E-state index in [4.69, 9.17) is 14.2 Å². The van der Waals surface area contributed by atoms with Gasteiger partial charge in [0.15, 0.2) is 0 Å². The van der Waals surface area contributed by atoms with Gasteiger partial charge in [0.1, 0.15) is 6.42 Å². The van der Waals surface area contributed by atoms with Crippen molar-refractivity contribution in [1.29, 1.82) is 0 Å². The number of anilines is 1. The molecule has 3 aliphatic heterocycles. The van der Waals surface area contributed by atoms with Crippen LogP contribution in [-0.2, 0) is 30.3 Å². The molecule has 3 fully saturated rings. The second-order valence-corrected chi connectivity index (χ2v) is 7.96. The Morgan fingerprint density at radius 3 is 2.21 bits per heavy atom. The van der Waals surface area contributed by atoms with Gasteiger partial charge in [0.2, 0.25) is 0 Å². The van der Waals surface area contributed by atoms with Crippen LogP contribution < -0.4 is 4.90 Å². The summed E-state index contributed by atoms with van der Waals surface area (Å²) in [6, 6.07) is 8.40. The quantitative estimate of drug-likeness (QED) is 0.536. The number of piperidine rings is 1. The van der Waals surface area contributed by atoms with E-state index in [1.165, 1.54) is 5.56 Å². The summed E-state index contributed by atoms with van der Waals surface area (Å²) < 4.78 is 16.2. The maximum atomic E-state index is 11.9. The molecule has 8 heteroatoms. The lowest BCUT2D eigenvalue weighted by molar-refractivity contribution is -0.204. The Balaban J connectivity index is 1.51. The number of nitrogens with zero attached hydrogens (tertiary/aromatic N) is 3. The highest BCUT2D eigenvalue weighted by Gasteiger charge is 2.37. The van der Waals surface area contributed by atoms with Crippen LogP contribution in [0.25, 0.3) is 0 Å². The summed E-state index contributed by atoms with van der Waals surface area (Å²) in [4.78, 5) is 30.3. The second-order valence-electron chi connectivity index (χ2n) is 7.96. The Kier molecular flexibility index (Phi) is 6.32. The molecule has 0 atom stereocenters. The zero-order chi connectivity index (χ0) is 20.2. The molecular formula is C21H29N3O5. The molecule has 0 N–H and O–H groups in total. The predicted molar refractivity (Wildman–Crippen MR) is 106 cm³/mol. The number of esters is 2. The molecule has 3 saturated heterocycles. The van der Waals surface area contributed by atoms with E-state index >= 15 is 0 Å². The number of likely N-dealkylation sites (tertiary alicyclic amines) is 1. The number of ether oxygens (including phenoxy) is 3. The SMILES string of the molecule is CN1CCC(N(c2ccc(CN3CCOCC3)cc2)C2OC(=O)CC(=O)O2)CC1. The Morgan fingerprint density at radius 2 is 1.59 bits per heavy atom. The van der Waals surface area contributed by atoms with Gasteiger partial charge in [-0.1, -0.05) is 12.1 Å². The van der Waals surface area contributed by atoms with E-state index in [-0.39, 0.29) is 12.5 Å². The molecule has 0 bridgehead atoms. The summed E-state index contributed by atoms with van der Waals surface area (Å²) in [5.74, 6) is -1.07. The number of cyclic esters (lactones) is 2. The Labute approximate surface area is 171 Å². The van der Waals surface area contributed by atoms with Crippen LogP contribution in [0.5, 0.6) is 0 Å². The summed E-state index contributed by atoms with van der Waals surface area (Å²) in [5, 5.41) is 0. The molecule has 0 aromatic heterocycles. The van der Waals surface area contributed by atoms with Crippen molar-refractivity contribution >= 4 is 17.6 Å². The molecule has 3 heterocycles. The topological polar surface area (TPSA) is 71.5 Å². The maximum absolute atomic E-state index is 11.9. The van der Waals surface area contributed by atoms with Gasteiger partial charge < -0.3 is 19.1 Å². The van der Waals surface area contributed by atoms with Crippen molar-refractivity contribution in [2.75, 3.05) is 51.3 Å². The Hall–Kier alpha value is -2.16. The molecule has 158 valence electrons. The van der Waals surface area contributed by atoms with Gasteiger partial charge >= 0.3 is 18.4 Å². The lowest BCUT2D eigenvalue weighted by Gasteiger charge is -2.42. The average molecular weight is 403 g/mol. The molecular weight excluding hydrogens is 374 g/mol. The summed E-state index contributed by atoms with van der Waals surface area (Å²) in [6.45, 7) is 6.22. The number of rotatable bonds is 5. The first kappa shape index (κ1) is 20.1. The number of benzene rings is 1. The highest BCUT2D eigenvalue weighted by molar-refractivity contribution is 5.92. The van der Waals surface area contributed by atoms with Crippen LogP contribution in [0.4, 0.5) is 5.69 Å².